The van der Waals surface area contributed by atoms with Crippen molar-refractivity contribution in [1.82, 2.24) is 20.0 Å². The van der Waals surface area contributed by atoms with Gasteiger partial charge in [0.1, 0.15) is 17.6 Å². The number of hydrogen-bond acceptors (Lipinski definition) is 7. The van der Waals surface area contributed by atoms with Crippen molar-refractivity contribution < 1.29 is 18.8 Å². The van der Waals surface area contributed by atoms with Crippen LogP contribution >= 0.6 is 0 Å². The number of likely N-dealkylation sites (tertiary alicyclic amines) is 1. The molecule has 1 N–H and O–H groups in total. The Morgan fingerprint density at radius 1 is 1.23 bits per heavy atom. The van der Waals surface area contributed by atoms with Crippen LogP contribution in [0.25, 0.3) is 11.4 Å². The number of aromatic nitrogens is 3. The molecule has 3 aromatic rings. The number of carbonyl (C=O) groups is 2. The van der Waals surface area contributed by atoms with Crippen LogP contribution in [0.3, 0.4) is 0 Å². The molecule has 0 aliphatic carbocycles. The Balaban J connectivity index is 1.48. The van der Waals surface area contributed by atoms with Crippen LogP contribution < -0.4 is 10.1 Å². The van der Waals surface area contributed by atoms with Gasteiger partial charge in [-0.2, -0.15) is 4.98 Å². The molecule has 9 heteroatoms. The van der Waals surface area contributed by atoms with E-state index in [9.17, 15) is 9.59 Å². The average Bonchev–Trinajstić information content (AvgIpc) is 3.28. The lowest BCUT2D eigenvalue weighted by Gasteiger charge is -2.33. The lowest BCUT2D eigenvalue weighted by atomic mass is 10.0. The standard InChI is InChI=1S/C22H23N5O4/c1-15(28)24-19-13-16(10-11-23-19)21-25-22(31-26-21)18-9-5-6-12-27(18)20(29)14-30-17-7-3-2-4-8-17/h2-4,7-8,10-11,13,18H,5-6,9,12,14H2,1H3,(H,23,24,28). The zero-order chi connectivity index (χ0) is 21.6. The maximum atomic E-state index is 12.8. The molecule has 3 heterocycles. The van der Waals surface area contributed by atoms with E-state index in [1.807, 2.05) is 30.3 Å². The van der Waals surface area contributed by atoms with Gasteiger partial charge < -0.3 is 19.5 Å². The molecular formula is C22H23N5O4. The van der Waals surface area contributed by atoms with Crippen molar-refractivity contribution in [1.29, 1.82) is 0 Å². The molecule has 160 valence electrons. The predicted octanol–water partition coefficient (Wildman–Crippen LogP) is 3.22. The van der Waals surface area contributed by atoms with E-state index in [4.69, 9.17) is 9.26 Å². The van der Waals surface area contributed by atoms with Gasteiger partial charge in [-0.25, -0.2) is 4.98 Å². The number of hydrogen-bond donors (Lipinski definition) is 1. The van der Waals surface area contributed by atoms with E-state index in [2.05, 4.69) is 20.4 Å². The van der Waals surface area contributed by atoms with Crippen LogP contribution in [0.5, 0.6) is 5.75 Å². The van der Waals surface area contributed by atoms with E-state index in [0.717, 1.165) is 19.3 Å². The van der Waals surface area contributed by atoms with Crippen LogP contribution in [0.15, 0.2) is 53.2 Å². The topological polar surface area (TPSA) is 110 Å². The summed E-state index contributed by atoms with van der Waals surface area (Å²) < 4.78 is 11.1. The van der Waals surface area contributed by atoms with Crippen molar-refractivity contribution >= 4 is 17.6 Å². The highest BCUT2D eigenvalue weighted by Crippen LogP contribution is 2.31. The number of pyridine rings is 1. The maximum absolute atomic E-state index is 12.8. The number of ether oxygens (including phenoxy) is 1. The van der Waals surface area contributed by atoms with Crippen LogP contribution in [-0.4, -0.2) is 45.0 Å². The quantitative estimate of drug-likeness (QED) is 0.650. The SMILES string of the molecule is CC(=O)Nc1cc(-c2noc(C3CCCCN3C(=O)COc3ccccc3)n2)ccn1. The Morgan fingerprint density at radius 3 is 2.87 bits per heavy atom. The van der Waals surface area contributed by atoms with Gasteiger partial charge in [-0.3, -0.25) is 9.59 Å². The Bertz CT molecular complexity index is 1050. The highest BCUT2D eigenvalue weighted by Gasteiger charge is 2.32. The summed E-state index contributed by atoms with van der Waals surface area (Å²) in [6.45, 7) is 1.98. The van der Waals surface area contributed by atoms with Crippen LogP contribution in [0.4, 0.5) is 5.82 Å². The third-order valence-electron chi connectivity index (χ3n) is 4.98. The minimum absolute atomic E-state index is 0.0497. The highest BCUT2D eigenvalue weighted by atomic mass is 16.5. The number of nitrogens with zero attached hydrogens (tertiary/aromatic N) is 4. The monoisotopic (exact) mass is 421 g/mol. The number of nitrogens with one attached hydrogen (secondary N) is 1. The fourth-order valence-electron chi connectivity index (χ4n) is 3.54. The van der Waals surface area contributed by atoms with Crippen LogP contribution in [-0.2, 0) is 9.59 Å². The first-order chi connectivity index (χ1) is 15.1. The number of amides is 2. The van der Waals surface area contributed by atoms with Gasteiger partial charge in [-0.05, 0) is 43.5 Å². The number of anilines is 1. The Hall–Kier alpha value is -3.75. The molecule has 1 unspecified atom stereocenters. The molecule has 31 heavy (non-hydrogen) atoms. The molecule has 4 rings (SSSR count). The largest absolute Gasteiger partial charge is 0.484 e. The van der Waals surface area contributed by atoms with Gasteiger partial charge >= 0.3 is 0 Å². The van der Waals surface area contributed by atoms with Crippen LogP contribution in [0.2, 0.25) is 0 Å². The Labute approximate surface area is 179 Å². The van der Waals surface area contributed by atoms with Gasteiger partial charge in [-0.1, -0.05) is 23.4 Å². The number of para-hydroxylation sites is 1. The number of benzene rings is 1. The summed E-state index contributed by atoms with van der Waals surface area (Å²) in [4.78, 5) is 34.5. The Morgan fingerprint density at radius 2 is 2.06 bits per heavy atom. The Kier molecular flexibility index (Phi) is 6.21. The van der Waals surface area contributed by atoms with Gasteiger partial charge in [0.05, 0.1) is 0 Å². The van der Waals surface area contributed by atoms with Gasteiger partial charge in [0.2, 0.25) is 17.6 Å². The van der Waals surface area contributed by atoms with Gasteiger partial charge in [0, 0.05) is 25.2 Å². The smallest absolute Gasteiger partial charge is 0.261 e. The number of piperidine rings is 1. The van der Waals surface area contributed by atoms with Gasteiger partial charge in [-0.15, -0.1) is 0 Å². The molecule has 1 aliphatic heterocycles. The van der Waals surface area contributed by atoms with E-state index in [0.29, 0.717) is 35.4 Å². The summed E-state index contributed by atoms with van der Waals surface area (Å²) in [6, 6.07) is 12.4. The molecule has 0 radical (unpaired) electrons. The summed E-state index contributed by atoms with van der Waals surface area (Å²) in [5.41, 5.74) is 0.662. The average molecular weight is 421 g/mol. The van der Waals surface area contributed by atoms with Gasteiger partial charge in [0.25, 0.3) is 5.91 Å². The minimum atomic E-state index is -0.293. The first kappa shape index (κ1) is 20.5. The van der Waals surface area contributed by atoms with E-state index in [-0.39, 0.29) is 24.5 Å². The third-order valence-corrected chi connectivity index (χ3v) is 4.98. The van der Waals surface area contributed by atoms with Crippen LogP contribution in [0, 0.1) is 0 Å². The normalized spacial score (nSPS) is 16.0. The van der Waals surface area contributed by atoms with E-state index in [1.54, 1.807) is 23.2 Å². The second-order valence-electron chi connectivity index (χ2n) is 7.27. The third kappa shape index (κ3) is 5.06. The number of rotatable bonds is 6. The van der Waals surface area contributed by atoms with E-state index < -0.39 is 0 Å². The number of carbonyl (C=O) groups excluding carboxylic acids is 2. The maximum Gasteiger partial charge on any atom is 0.261 e. The summed E-state index contributed by atoms with van der Waals surface area (Å²) in [5.74, 6) is 1.49. The first-order valence-corrected chi connectivity index (χ1v) is 10.1. The van der Waals surface area contributed by atoms with Crippen molar-refractivity contribution in [3.05, 3.63) is 54.6 Å². The highest BCUT2D eigenvalue weighted by molar-refractivity contribution is 5.88. The fraction of sp³-hybridized carbons (Fsp3) is 0.318. The molecule has 1 aliphatic rings. The van der Waals surface area contributed by atoms with Crippen molar-refractivity contribution in [3.8, 4) is 17.1 Å². The molecular weight excluding hydrogens is 398 g/mol. The molecule has 0 bridgehead atoms. The first-order valence-electron chi connectivity index (χ1n) is 10.1. The summed E-state index contributed by atoms with van der Waals surface area (Å²) in [5, 5.41) is 6.71. The lowest BCUT2D eigenvalue weighted by Crippen LogP contribution is -2.41. The molecule has 2 amide bonds. The minimum Gasteiger partial charge on any atom is -0.484 e. The van der Waals surface area contributed by atoms with Crippen molar-refractivity contribution in [3.63, 3.8) is 0 Å². The van der Waals surface area contributed by atoms with Crippen molar-refractivity contribution in [2.75, 3.05) is 18.5 Å². The fourth-order valence-corrected chi connectivity index (χ4v) is 3.54. The molecule has 1 atom stereocenters. The molecule has 0 saturated carbocycles. The molecule has 9 nitrogen and oxygen atoms in total. The van der Waals surface area contributed by atoms with Crippen LogP contribution in [0.1, 0.15) is 38.1 Å². The summed E-state index contributed by atoms with van der Waals surface area (Å²) in [6.07, 6.45) is 4.19. The summed E-state index contributed by atoms with van der Waals surface area (Å²) in [7, 11) is 0. The second kappa shape index (κ2) is 9.38. The van der Waals surface area contributed by atoms with E-state index in [1.165, 1.54) is 6.92 Å². The van der Waals surface area contributed by atoms with Crippen molar-refractivity contribution in [2.24, 2.45) is 0 Å². The van der Waals surface area contributed by atoms with Crippen molar-refractivity contribution in [2.45, 2.75) is 32.2 Å². The second-order valence-corrected chi connectivity index (χ2v) is 7.27. The molecule has 0 spiro atoms. The lowest BCUT2D eigenvalue weighted by molar-refractivity contribution is -0.138. The molecule has 1 fully saturated rings. The van der Waals surface area contributed by atoms with E-state index >= 15 is 0 Å². The molecule has 2 aromatic heterocycles. The molecule has 1 saturated heterocycles. The zero-order valence-electron chi connectivity index (χ0n) is 17.2. The molecule has 1 aromatic carbocycles. The summed E-state index contributed by atoms with van der Waals surface area (Å²) >= 11 is 0. The van der Waals surface area contributed by atoms with Gasteiger partial charge in [0.15, 0.2) is 6.61 Å². The predicted molar refractivity (Wildman–Crippen MR) is 112 cm³/mol. The zero-order valence-corrected chi connectivity index (χ0v) is 17.2.